The summed E-state index contributed by atoms with van der Waals surface area (Å²) in [7, 11) is 0. The van der Waals surface area contributed by atoms with Gasteiger partial charge in [0.05, 0.1) is 10.9 Å². The number of amides is 1. The van der Waals surface area contributed by atoms with Crippen molar-refractivity contribution in [1.29, 1.82) is 0 Å². The Hall–Kier alpha value is -0.610. The first kappa shape index (κ1) is 11.9. The Labute approximate surface area is 107 Å². The second kappa shape index (κ2) is 4.72. The first-order valence-electron chi connectivity index (χ1n) is 4.96. The van der Waals surface area contributed by atoms with Crippen LogP contribution >= 0.6 is 27.5 Å². The zero-order valence-electron chi connectivity index (χ0n) is 8.42. The van der Waals surface area contributed by atoms with Gasteiger partial charge in [-0.3, -0.25) is 4.79 Å². The smallest absolute Gasteiger partial charge is 0.256 e. The Kier molecular flexibility index (Phi) is 3.50. The molecule has 0 aromatic heterocycles. The molecule has 1 atom stereocenters. The molecule has 0 bridgehead atoms. The lowest BCUT2D eigenvalue weighted by molar-refractivity contribution is 0.0788. The molecular formula is C11H10BrClFNO. The van der Waals surface area contributed by atoms with E-state index in [2.05, 4.69) is 15.9 Å². The van der Waals surface area contributed by atoms with Crippen LogP contribution in [-0.2, 0) is 0 Å². The van der Waals surface area contributed by atoms with Crippen molar-refractivity contribution in [3.8, 4) is 0 Å². The highest BCUT2D eigenvalue weighted by atomic mass is 79.9. The van der Waals surface area contributed by atoms with Crippen LogP contribution in [-0.4, -0.2) is 29.3 Å². The van der Waals surface area contributed by atoms with Gasteiger partial charge in [0.2, 0.25) is 0 Å². The minimum Gasteiger partial charge on any atom is -0.337 e. The van der Waals surface area contributed by atoms with Crippen molar-refractivity contribution in [3.63, 3.8) is 0 Å². The minimum absolute atomic E-state index is 0.0116. The lowest BCUT2D eigenvalue weighted by atomic mass is 10.2. The van der Waals surface area contributed by atoms with Gasteiger partial charge >= 0.3 is 0 Å². The van der Waals surface area contributed by atoms with Crippen molar-refractivity contribution in [3.05, 3.63) is 34.1 Å². The van der Waals surface area contributed by atoms with Gasteiger partial charge in [-0.1, -0.05) is 15.9 Å². The fourth-order valence-electron chi connectivity index (χ4n) is 1.74. The molecule has 1 aromatic carbocycles. The molecule has 1 heterocycles. The molecule has 86 valence electrons. The van der Waals surface area contributed by atoms with Crippen LogP contribution in [0.3, 0.4) is 0 Å². The average Bonchev–Trinajstić information content (AvgIpc) is 2.64. The summed E-state index contributed by atoms with van der Waals surface area (Å²) in [6.45, 7) is 1.10. The topological polar surface area (TPSA) is 20.3 Å². The Bertz CT molecular complexity index is 426. The summed E-state index contributed by atoms with van der Waals surface area (Å²) in [5, 5.41) is -0.0116. The summed E-state index contributed by atoms with van der Waals surface area (Å²) >= 11 is 9.06. The Morgan fingerprint density at radius 1 is 1.56 bits per heavy atom. The maximum Gasteiger partial charge on any atom is 0.256 e. The van der Waals surface area contributed by atoms with E-state index < -0.39 is 5.82 Å². The van der Waals surface area contributed by atoms with Crippen LogP contribution in [0.5, 0.6) is 0 Å². The summed E-state index contributed by atoms with van der Waals surface area (Å²) in [5.41, 5.74) is 0.106. The molecule has 1 fully saturated rings. The van der Waals surface area contributed by atoms with Crippen LogP contribution in [0.2, 0.25) is 0 Å². The number of carbonyl (C=O) groups excluding carboxylic acids is 1. The molecule has 0 N–H and O–H groups in total. The normalized spacial score (nSPS) is 20.2. The van der Waals surface area contributed by atoms with Gasteiger partial charge in [0.25, 0.3) is 5.91 Å². The Morgan fingerprint density at radius 3 is 2.88 bits per heavy atom. The molecule has 0 radical (unpaired) electrons. The van der Waals surface area contributed by atoms with Crippen molar-refractivity contribution in [1.82, 2.24) is 4.90 Å². The van der Waals surface area contributed by atoms with E-state index in [1.54, 1.807) is 11.0 Å². The van der Waals surface area contributed by atoms with Gasteiger partial charge in [-0.15, -0.1) is 11.6 Å². The number of rotatable bonds is 1. The molecule has 16 heavy (non-hydrogen) atoms. The number of likely N-dealkylation sites (tertiary alicyclic amines) is 1. The predicted molar refractivity (Wildman–Crippen MR) is 64.3 cm³/mol. The molecule has 1 unspecified atom stereocenters. The lowest BCUT2D eigenvalue weighted by Gasteiger charge is -2.15. The molecule has 1 saturated heterocycles. The molecule has 0 aliphatic carbocycles. The van der Waals surface area contributed by atoms with Crippen molar-refractivity contribution >= 4 is 33.4 Å². The molecule has 0 spiro atoms. The van der Waals surface area contributed by atoms with E-state index in [1.807, 2.05) is 0 Å². The fourth-order valence-corrected chi connectivity index (χ4v) is 2.33. The van der Waals surface area contributed by atoms with Crippen molar-refractivity contribution < 1.29 is 9.18 Å². The van der Waals surface area contributed by atoms with Crippen LogP contribution in [0.4, 0.5) is 4.39 Å². The number of carbonyl (C=O) groups is 1. The van der Waals surface area contributed by atoms with Gasteiger partial charge in [0.15, 0.2) is 0 Å². The van der Waals surface area contributed by atoms with E-state index in [-0.39, 0.29) is 16.8 Å². The van der Waals surface area contributed by atoms with E-state index in [4.69, 9.17) is 11.6 Å². The summed E-state index contributed by atoms with van der Waals surface area (Å²) in [5.74, 6) is -0.787. The molecule has 5 heteroatoms. The molecule has 1 aromatic rings. The fraction of sp³-hybridized carbons (Fsp3) is 0.364. The van der Waals surface area contributed by atoms with Crippen LogP contribution in [0.25, 0.3) is 0 Å². The van der Waals surface area contributed by atoms with E-state index in [1.165, 1.54) is 12.1 Å². The van der Waals surface area contributed by atoms with Gasteiger partial charge in [0, 0.05) is 17.6 Å². The largest absolute Gasteiger partial charge is 0.337 e. The summed E-state index contributed by atoms with van der Waals surface area (Å²) < 4.78 is 14.2. The Balaban J connectivity index is 2.21. The standard InChI is InChI=1S/C11H10BrClFNO/c12-7-1-2-9(10(14)5-7)11(16)15-4-3-8(13)6-15/h1-2,5,8H,3-4,6H2. The second-order valence-corrected chi connectivity index (χ2v) is 5.29. The highest BCUT2D eigenvalue weighted by molar-refractivity contribution is 9.10. The van der Waals surface area contributed by atoms with Gasteiger partial charge in [-0.2, -0.15) is 0 Å². The monoisotopic (exact) mass is 305 g/mol. The number of benzene rings is 1. The van der Waals surface area contributed by atoms with Crippen LogP contribution < -0.4 is 0 Å². The number of nitrogens with zero attached hydrogens (tertiary/aromatic N) is 1. The molecule has 2 nitrogen and oxygen atoms in total. The van der Waals surface area contributed by atoms with Gasteiger partial charge in [0.1, 0.15) is 5.82 Å². The molecule has 1 aliphatic rings. The summed E-state index contributed by atoms with van der Waals surface area (Å²) in [6.07, 6.45) is 0.769. The van der Waals surface area contributed by atoms with Crippen LogP contribution in [0, 0.1) is 5.82 Å². The Morgan fingerprint density at radius 2 is 2.31 bits per heavy atom. The first-order chi connectivity index (χ1) is 7.58. The molecule has 2 rings (SSSR count). The maximum absolute atomic E-state index is 13.5. The van der Waals surface area contributed by atoms with Gasteiger partial charge < -0.3 is 4.90 Å². The van der Waals surface area contributed by atoms with Crippen molar-refractivity contribution in [2.45, 2.75) is 11.8 Å². The lowest BCUT2D eigenvalue weighted by Crippen LogP contribution is -2.29. The number of alkyl halides is 1. The molecule has 1 aliphatic heterocycles. The zero-order valence-corrected chi connectivity index (χ0v) is 10.8. The van der Waals surface area contributed by atoms with Gasteiger partial charge in [-0.25, -0.2) is 4.39 Å². The molecular weight excluding hydrogens is 296 g/mol. The minimum atomic E-state index is -0.502. The number of halogens is 3. The van der Waals surface area contributed by atoms with Crippen LogP contribution in [0.1, 0.15) is 16.8 Å². The third kappa shape index (κ3) is 2.38. The average molecular weight is 307 g/mol. The first-order valence-corrected chi connectivity index (χ1v) is 6.19. The summed E-state index contributed by atoms with van der Waals surface area (Å²) in [4.78, 5) is 13.5. The van der Waals surface area contributed by atoms with Gasteiger partial charge in [-0.05, 0) is 24.6 Å². The van der Waals surface area contributed by atoms with Crippen LogP contribution in [0.15, 0.2) is 22.7 Å². The predicted octanol–water partition coefficient (Wildman–Crippen LogP) is 3.04. The zero-order chi connectivity index (χ0) is 11.7. The second-order valence-electron chi connectivity index (χ2n) is 3.76. The van der Waals surface area contributed by atoms with E-state index in [0.29, 0.717) is 17.6 Å². The van der Waals surface area contributed by atoms with E-state index >= 15 is 0 Å². The van der Waals surface area contributed by atoms with Crippen molar-refractivity contribution in [2.24, 2.45) is 0 Å². The van der Waals surface area contributed by atoms with E-state index in [9.17, 15) is 9.18 Å². The van der Waals surface area contributed by atoms with E-state index in [0.717, 1.165) is 6.42 Å². The maximum atomic E-state index is 13.5. The number of hydrogen-bond donors (Lipinski definition) is 0. The highest BCUT2D eigenvalue weighted by Gasteiger charge is 2.26. The number of hydrogen-bond acceptors (Lipinski definition) is 1. The quantitative estimate of drug-likeness (QED) is 0.730. The molecule has 1 amide bonds. The SMILES string of the molecule is O=C(c1ccc(Br)cc1F)N1CCC(Cl)C1. The molecule has 0 saturated carbocycles. The highest BCUT2D eigenvalue weighted by Crippen LogP contribution is 2.21. The summed E-state index contributed by atoms with van der Waals surface area (Å²) in [6, 6.07) is 4.44. The third-order valence-electron chi connectivity index (χ3n) is 2.58. The third-order valence-corrected chi connectivity index (χ3v) is 3.43. The van der Waals surface area contributed by atoms with Crippen molar-refractivity contribution in [2.75, 3.05) is 13.1 Å².